The largest absolute Gasteiger partial charge is 0.459 e. The Morgan fingerprint density at radius 2 is 2.14 bits per heavy atom. The van der Waals surface area contributed by atoms with Crippen LogP contribution in [0.15, 0.2) is 29.2 Å². The van der Waals surface area contributed by atoms with E-state index in [0.717, 1.165) is 5.56 Å². The molecule has 1 aliphatic carbocycles. The minimum absolute atomic E-state index is 0.138. The van der Waals surface area contributed by atoms with Crippen LogP contribution >= 0.6 is 0 Å². The molecule has 148 valence electrons. The van der Waals surface area contributed by atoms with Gasteiger partial charge in [0.05, 0.1) is 12.1 Å². The second-order valence-electron chi connectivity index (χ2n) is 7.32. The SMILES string of the molecule is Cc1ccc2nc(COC(=O)C[C@H]3C(=O)C[C@@H](C)[C@@H]3C[N+](=O)[O-])cc(=O)n2c1. The van der Waals surface area contributed by atoms with Crippen LogP contribution in [0.1, 0.15) is 31.0 Å². The maximum atomic E-state index is 12.2. The zero-order valence-corrected chi connectivity index (χ0v) is 15.7. The third kappa shape index (κ3) is 4.24. The molecule has 0 aromatic carbocycles. The number of hydrogen-bond acceptors (Lipinski definition) is 7. The molecule has 1 saturated carbocycles. The number of aryl methyl sites for hydroxylation is 1. The van der Waals surface area contributed by atoms with E-state index in [9.17, 15) is 24.5 Å². The minimum atomic E-state index is -0.703. The number of ether oxygens (including phenoxy) is 1. The van der Waals surface area contributed by atoms with Crippen LogP contribution in [0, 0.1) is 34.8 Å². The summed E-state index contributed by atoms with van der Waals surface area (Å²) in [5.74, 6) is -2.09. The Morgan fingerprint density at radius 3 is 2.86 bits per heavy atom. The number of fused-ring (bicyclic) bond motifs is 1. The van der Waals surface area contributed by atoms with Crippen molar-refractivity contribution in [3.63, 3.8) is 0 Å². The fourth-order valence-electron chi connectivity index (χ4n) is 3.73. The molecule has 0 bridgehead atoms. The molecular formula is C19H21N3O6. The van der Waals surface area contributed by atoms with E-state index >= 15 is 0 Å². The smallest absolute Gasteiger partial charge is 0.306 e. The highest BCUT2D eigenvalue weighted by Gasteiger charge is 2.44. The van der Waals surface area contributed by atoms with Crippen LogP contribution in [0.25, 0.3) is 5.65 Å². The van der Waals surface area contributed by atoms with E-state index in [-0.39, 0.29) is 43.3 Å². The van der Waals surface area contributed by atoms with Crippen molar-refractivity contribution in [2.24, 2.45) is 17.8 Å². The molecule has 9 heteroatoms. The molecule has 0 spiro atoms. The number of pyridine rings is 1. The van der Waals surface area contributed by atoms with Crippen LogP contribution in [0.4, 0.5) is 0 Å². The molecule has 9 nitrogen and oxygen atoms in total. The van der Waals surface area contributed by atoms with Crippen molar-refractivity contribution in [2.45, 2.75) is 33.3 Å². The van der Waals surface area contributed by atoms with Gasteiger partial charge in [0.15, 0.2) is 0 Å². The van der Waals surface area contributed by atoms with Gasteiger partial charge in [0.25, 0.3) is 5.56 Å². The average Bonchev–Trinajstić information content (AvgIpc) is 2.87. The number of hydrogen-bond donors (Lipinski definition) is 0. The van der Waals surface area contributed by atoms with Gasteiger partial charge in [-0.25, -0.2) is 4.98 Å². The molecule has 3 rings (SSSR count). The van der Waals surface area contributed by atoms with E-state index in [2.05, 4.69) is 4.98 Å². The van der Waals surface area contributed by atoms with Gasteiger partial charge in [-0.2, -0.15) is 0 Å². The number of esters is 1. The van der Waals surface area contributed by atoms with Gasteiger partial charge in [0.1, 0.15) is 18.0 Å². The lowest BCUT2D eigenvalue weighted by atomic mass is 9.88. The monoisotopic (exact) mass is 387 g/mol. The van der Waals surface area contributed by atoms with E-state index < -0.39 is 22.7 Å². The molecule has 0 amide bonds. The van der Waals surface area contributed by atoms with Gasteiger partial charge in [-0.1, -0.05) is 13.0 Å². The highest BCUT2D eigenvalue weighted by Crippen LogP contribution is 2.36. The van der Waals surface area contributed by atoms with Gasteiger partial charge in [0.2, 0.25) is 6.54 Å². The minimum Gasteiger partial charge on any atom is -0.459 e. The Labute approximate surface area is 160 Å². The molecule has 2 heterocycles. The summed E-state index contributed by atoms with van der Waals surface area (Å²) in [4.78, 5) is 51.2. The van der Waals surface area contributed by atoms with E-state index in [1.807, 2.05) is 13.0 Å². The second-order valence-corrected chi connectivity index (χ2v) is 7.32. The zero-order valence-electron chi connectivity index (χ0n) is 15.7. The Morgan fingerprint density at radius 1 is 1.39 bits per heavy atom. The van der Waals surface area contributed by atoms with Gasteiger partial charge >= 0.3 is 5.97 Å². The number of Topliss-reactive ketones (excluding diaryl/α,β-unsaturated/α-hetero) is 1. The Kier molecular flexibility index (Phi) is 5.53. The molecular weight excluding hydrogens is 366 g/mol. The van der Waals surface area contributed by atoms with Crippen molar-refractivity contribution < 1.29 is 19.2 Å². The summed E-state index contributed by atoms with van der Waals surface area (Å²) >= 11 is 0. The summed E-state index contributed by atoms with van der Waals surface area (Å²) in [7, 11) is 0. The lowest BCUT2D eigenvalue weighted by Crippen LogP contribution is -2.27. The Bertz CT molecular complexity index is 999. The van der Waals surface area contributed by atoms with E-state index in [1.54, 1.807) is 19.2 Å². The number of nitro groups is 1. The second kappa shape index (κ2) is 7.87. The quantitative estimate of drug-likeness (QED) is 0.419. The predicted octanol–water partition coefficient (Wildman–Crippen LogP) is 1.55. The molecule has 2 aromatic heterocycles. The van der Waals surface area contributed by atoms with Gasteiger partial charge in [-0.3, -0.25) is 28.9 Å². The molecule has 0 radical (unpaired) electrons. The number of carbonyl (C=O) groups excluding carboxylic acids is 2. The summed E-state index contributed by atoms with van der Waals surface area (Å²) < 4.78 is 6.59. The molecule has 1 aliphatic rings. The first-order chi connectivity index (χ1) is 13.2. The van der Waals surface area contributed by atoms with Gasteiger partial charge < -0.3 is 4.74 Å². The van der Waals surface area contributed by atoms with Crippen molar-refractivity contribution in [3.8, 4) is 0 Å². The summed E-state index contributed by atoms with van der Waals surface area (Å²) in [6, 6.07) is 4.81. The fraction of sp³-hybridized carbons (Fsp3) is 0.474. The van der Waals surface area contributed by atoms with E-state index in [4.69, 9.17) is 4.74 Å². The van der Waals surface area contributed by atoms with Crippen LogP contribution in [0.2, 0.25) is 0 Å². The molecule has 2 aromatic rings. The molecule has 0 unspecified atom stereocenters. The zero-order chi connectivity index (χ0) is 20.4. The standard InChI is InChI=1S/C19H21N3O6/c1-11-3-4-17-20-13(6-18(24)21(17)8-11)10-28-19(25)7-14-15(9-22(26)27)12(2)5-16(14)23/h3-4,6,8,12,14-15H,5,7,9-10H2,1-2H3/t12-,14-,15+/m1/s1. The maximum Gasteiger partial charge on any atom is 0.306 e. The molecule has 0 N–H and O–H groups in total. The fourth-order valence-corrected chi connectivity index (χ4v) is 3.73. The summed E-state index contributed by atoms with van der Waals surface area (Å²) in [6.07, 6.45) is 1.70. The van der Waals surface area contributed by atoms with Crippen molar-refractivity contribution in [2.75, 3.05) is 6.54 Å². The third-order valence-corrected chi connectivity index (χ3v) is 5.17. The molecule has 0 saturated heterocycles. The lowest BCUT2D eigenvalue weighted by molar-refractivity contribution is -0.490. The highest BCUT2D eigenvalue weighted by atomic mass is 16.6. The van der Waals surface area contributed by atoms with Crippen molar-refractivity contribution >= 4 is 17.4 Å². The number of carbonyl (C=O) groups is 2. The first-order valence-electron chi connectivity index (χ1n) is 9.03. The van der Waals surface area contributed by atoms with Crippen LogP contribution < -0.4 is 5.56 Å². The lowest BCUT2D eigenvalue weighted by Gasteiger charge is -2.17. The summed E-state index contributed by atoms with van der Waals surface area (Å²) in [5, 5.41) is 10.8. The van der Waals surface area contributed by atoms with Gasteiger partial charge in [-0.15, -0.1) is 0 Å². The first-order valence-corrected chi connectivity index (χ1v) is 9.03. The van der Waals surface area contributed by atoms with Crippen LogP contribution in [0.3, 0.4) is 0 Å². The third-order valence-electron chi connectivity index (χ3n) is 5.17. The average molecular weight is 387 g/mol. The highest BCUT2D eigenvalue weighted by molar-refractivity contribution is 5.87. The number of nitrogens with zero attached hydrogens (tertiary/aromatic N) is 3. The number of aromatic nitrogens is 2. The number of rotatable bonds is 6. The Hall–Kier alpha value is -3.10. The van der Waals surface area contributed by atoms with Gasteiger partial charge in [0, 0.05) is 35.4 Å². The van der Waals surface area contributed by atoms with E-state index in [1.165, 1.54) is 10.5 Å². The van der Waals surface area contributed by atoms with Crippen LogP contribution in [-0.4, -0.2) is 32.6 Å². The summed E-state index contributed by atoms with van der Waals surface area (Å²) in [5.41, 5.74) is 1.37. The molecule has 3 atom stereocenters. The van der Waals surface area contributed by atoms with Crippen LogP contribution in [-0.2, 0) is 20.9 Å². The van der Waals surface area contributed by atoms with Crippen molar-refractivity contribution in [1.29, 1.82) is 0 Å². The maximum absolute atomic E-state index is 12.2. The topological polar surface area (TPSA) is 121 Å². The predicted molar refractivity (Wildman–Crippen MR) is 98.2 cm³/mol. The summed E-state index contributed by atoms with van der Waals surface area (Å²) in [6.45, 7) is 3.10. The van der Waals surface area contributed by atoms with Crippen molar-refractivity contribution in [3.05, 3.63) is 56.1 Å². The number of ketones is 1. The normalized spacial score (nSPS) is 21.8. The van der Waals surface area contributed by atoms with Gasteiger partial charge in [-0.05, 0) is 24.5 Å². The molecule has 1 fully saturated rings. The molecule has 28 heavy (non-hydrogen) atoms. The molecule has 0 aliphatic heterocycles. The van der Waals surface area contributed by atoms with Crippen molar-refractivity contribution in [1.82, 2.24) is 9.38 Å². The Balaban J connectivity index is 1.66. The first kappa shape index (κ1) is 19.7. The van der Waals surface area contributed by atoms with E-state index in [0.29, 0.717) is 11.3 Å². The van der Waals surface area contributed by atoms with Crippen LogP contribution in [0.5, 0.6) is 0 Å².